The lowest BCUT2D eigenvalue weighted by atomic mass is 10.0. The third-order valence-corrected chi connectivity index (χ3v) is 4.00. The van der Waals surface area contributed by atoms with Crippen LogP contribution in [-0.2, 0) is 6.42 Å². The standard InChI is InChI=1S/C14H16ClN3O/c1-9-11(6-7-16-9)14-17-13(18-19-14)8-10-4-2-3-5-12(10)15/h2-5,9,11,16H,6-8H2,1H3. The normalized spacial score (nSPS) is 22.8. The SMILES string of the molecule is CC1NCCC1c1nc(Cc2ccccc2Cl)no1. The molecule has 1 N–H and O–H groups in total. The maximum atomic E-state index is 6.14. The van der Waals surface area contributed by atoms with Crippen LogP contribution in [0.15, 0.2) is 28.8 Å². The van der Waals surface area contributed by atoms with Crippen molar-refractivity contribution in [3.63, 3.8) is 0 Å². The maximum absolute atomic E-state index is 6.14. The highest BCUT2D eigenvalue weighted by atomic mass is 35.5. The van der Waals surface area contributed by atoms with E-state index < -0.39 is 0 Å². The number of hydrogen-bond acceptors (Lipinski definition) is 4. The van der Waals surface area contributed by atoms with Crippen LogP contribution in [-0.4, -0.2) is 22.7 Å². The molecule has 5 heteroatoms. The third-order valence-electron chi connectivity index (χ3n) is 3.63. The minimum Gasteiger partial charge on any atom is -0.339 e. The van der Waals surface area contributed by atoms with E-state index in [1.807, 2.05) is 24.3 Å². The second-order valence-electron chi connectivity index (χ2n) is 4.95. The van der Waals surface area contributed by atoms with Crippen molar-refractivity contribution in [3.05, 3.63) is 46.6 Å². The summed E-state index contributed by atoms with van der Waals surface area (Å²) in [6.45, 7) is 3.16. The first kappa shape index (κ1) is 12.6. The summed E-state index contributed by atoms with van der Waals surface area (Å²) in [5, 5.41) is 8.19. The molecule has 0 amide bonds. The summed E-state index contributed by atoms with van der Waals surface area (Å²) in [7, 11) is 0. The highest BCUT2D eigenvalue weighted by Gasteiger charge is 2.29. The van der Waals surface area contributed by atoms with Crippen LogP contribution < -0.4 is 5.32 Å². The molecule has 0 bridgehead atoms. The molecule has 2 aromatic rings. The molecular weight excluding hydrogens is 262 g/mol. The average Bonchev–Trinajstić information content (AvgIpc) is 3.01. The zero-order valence-corrected chi connectivity index (χ0v) is 11.5. The van der Waals surface area contributed by atoms with Gasteiger partial charge in [0.1, 0.15) is 0 Å². The monoisotopic (exact) mass is 277 g/mol. The number of rotatable bonds is 3. The molecular formula is C14H16ClN3O. The first-order valence-electron chi connectivity index (χ1n) is 6.53. The molecule has 3 rings (SSSR count). The average molecular weight is 278 g/mol. The van der Waals surface area contributed by atoms with Crippen LogP contribution in [0.1, 0.15) is 36.5 Å². The number of halogens is 1. The van der Waals surface area contributed by atoms with Gasteiger partial charge in [-0.25, -0.2) is 0 Å². The van der Waals surface area contributed by atoms with Crippen LogP contribution in [0.3, 0.4) is 0 Å². The van der Waals surface area contributed by atoms with Gasteiger partial charge in [-0.1, -0.05) is 35.0 Å². The molecule has 4 nitrogen and oxygen atoms in total. The molecule has 1 aromatic carbocycles. The Bertz CT molecular complexity index is 569. The zero-order chi connectivity index (χ0) is 13.2. The van der Waals surface area contributed by atoms with Gasteiger partial charge >= 0.3 is 0 Å². The summed E-state index contributed by atoms with van der Waals surface area (Å²) in [4.78, 5) is 4.50. The van der Waals surface area contributed by atoms with E-state index >= 15 is 0 Å². The summed E-state index contributed by atoms with van der Waals surface area (Å²) in [5.74, 6) is 1.76. The minimum absolute atomic E-state index is 0.326. The predicted octanol–water partition coefficient (Wildman–Crippen LogP) is 2.78. The van der Waals surface area contributed by atoms with Gasteiger partial charge in [-0.05, 0) is 31.5 Å². The molecule has 0 saturated carbocycles. The molecule has 1 saturated heterocycles. The van der Waals surface area contributed by atoms with Crippen LogP contribution >= 0.6 is 11.6 Å². The Balaban J connectivity index is 1.77. The van der Waals surface area contributed by atoms with E-state index in [1.54, 1.807) is 0 Å². The molecule has 19 heavy (non-hydrogen) atoms. The fraction of sp³-hybridized carbons (Fsp3) is 0.429. The molecule has 1 fully saturated rings. The van der Waals surface area contributed by atoms with Gasteiger partial charge in [-0.2, -0.15) is 4.98 Å². The lowest BCUT2D eigenvalue weighted by Gasteiger charge is -2.08. The minimum atomic E-state index is 0.326. The van der Waals surface area contributed by atoms with Crippen LogP contribution in [0.4, 0.5) is 0 Å². The lowest BCUT2D eigenvalue weighted by molar-refractivity contribution is 0.342. The second kappa shape index (κ2) is 5.31. The molecule has 1 aliphatic heterocycles. The summed E-state index contributed by atoms with van der Waals surface area (Å²) in [6.07, 6.45) is 1.66. The van der Waals surface area contributed by atoms with Crippen molar-refractivity contribution < 1.29 is 4.52 Å². The Kier molecular flexibility index (Phi) is 3.53. The van der Waals surface area contributed by atoms with E-state index in [1.165, 1.54) is 0 Å². The molecule has 2 heterocycles. The fourth-order valence-electron chi connectivity index (χ4n) is 2.50. The van der Waals surface area contributed by atoms with E-state index in [2.05, 4.69) is 22.4 Å². The van der Waals surface area contributed by atoms with E-state index in [0.29, 0.717) is 24.2 Å². The Morgan fingerprint density at radius 3 is 3.00 bits per heavy atom. The van der Waals surface area contributed by atoms with Gasteiger partial charge in [-0.3, -0.25) is 0 Å². The zero-order valence-electron chi connectivity index (χ0n) is 10.8. The van der Waals surface area contributed by atoms with Gasteiger partial charge in [0.05, 0.1) is 5.92 Å². The number of nitrogens with zero attached hydrogens (tertiary/aromatic N) is 2. The molecule has 1 aliphatic rings. The largest absolute Gasteiger partial charge is 0.339 e. The fourth-order valence-corrected chi connectivity index (χ4v) is 2.70. The molecule has 2 unspecified atom stereocenters. The summed E-state index contributed by atoms with van der Waals surface area (Å²) >= 11 is 6.14. The van der Waals surface area contributed by atoms with E-state index in [9.17, 15) is 0 Å². The Morgan fingerprint density at radius 2 is 2.26 bits per heavy atom. The van der Waals surface area contributed by atoms with Crippen molar-refractivity contribution in [2.24, 2.45) is 0 Å². The first-order valence-corrected chi connectivity index (χ1v) is 6.91. The quantitative estimate of drug-likeness (QED) is 0.937. The van der Waals surface area contributed by atoms with Crippen LogP contribution in [0.5, 0.6) is 0 Å². The molecule has 100 valence electrons. The molecule has 1 aromatic heterocycles. The van der Waals surface area contributed by atoms with Crippen molar-refractivity contribution in [3.8, 4) is 0 Å². The van der Waals surface area contributed by atoms with Crippen molar-refractivity contribution in [2.75, 3.05) is 6.54 Å². The smallest absolute Gasteiger partial charge is 0.231 e. The number of aromatic nitrogens is 2. The van der Waals surface area contributed by atoms with Gasteiger partial charge in [0.15, 0.2) is 5.82 Å². The number of hydrogen-bond donors (Lipinski definition) is 1. The van der Waals surface area contributed by atoms with Gasteiger partial charge < -0.3 is 9.84 Å². The van der Waals surface area contributed by atoms with E-state index in [4.69, 9.17) is 16.1 Å². The topological polar surface area (TPSA) is 51.0 Å². The highest BCUT2D eigenvalue weighted by molar-refractivity contribution is 6.31. The van der Waals surface area contributed by atoms with E-state index in [-0.39, 0.29) is 0 Å². The third kappa shape index (κ3) is 2.65. The number of benzene rings is 1. The summed E-state index contributed by atoms with van der Waals surface area (Å²) in [5.41, 5.74) is 1.02. The Morgan fingerprint density at radius 1 is 1.42 bits per heavy atom. The van der Waals surface area contributed by atoms with Gasteiger partial charge in [0.2, 0.25) is 5.89 Å². The van der Waals surface area contributed by atoms with E-state index in [0.717, 1.165) is 29.4 Å². The van der Waals surface area contributed by atoms with Crippen molar-refractivity contribution in [2.45, 2.75) is 31.7 Å². The van der Waals surface area contributed by atoms with Gasteiger partial charge in [-0.15, -0.1) is 0 Å². The molecule has 0 spiro atoms. The van der Waals surface area contributed by atoms with Crippen molar-refractivity contribution in [1.29, 1.82) is 0 Å². The van der Waals surface area contributed by atoms with Crippen LogP contribution in [0, 0.1) is 0 Å². The molecule has 2 atom stereocenters. The lowest BCUT2D eigenvalue weighted by Crippen LogP contribution is -2.21. The first-order chi connectivity index (χ1) is 9.24. The van der Waals surface area contributed by atoms with Crippen LogP contribution in [0.2, 0.25) is 5.02 Å². The Labute approximate surface area is 117 Å². The van der Waals surface area contributed by atoms with Crippen LogP contribution in [0.25, 0.3) is 0 Å². The molecule has 0 aliphatic carbocycles. The molecule has 0 radical (unpaired) electrons. The van der Waals surface area contributed by atoms with Crippen molar-refractivity contribution in [1.82, 2.24) is 15.5 Å². The summed E-state index contributed by atoms with van der Waals surface area (Å²) < 4.78 is 5.39. The maximum Gasteiger partial charge on any atom is 0.231 e. The predicted molar refractivity (Wildman–Crippen MR) is 73.4 cm³/mol. The van der Waals surface area contributed by atoms with Gasteiger partial charge in [0, 0.05) is 17.5 Å². The highest BCUT2D eigenvalue weighted by Crippen LogP contribution is 2.26. The number of nitrogens with one attached hydrogen (secondary N) is 1. The summed E-state index contributed by atoms with van der Waals surface area (Å²) in [6, 6.07) is 8.14. The van der Waals surface area contributed by atoms with Crippen molar-refractivity contribution >= 4 is 11.6 Å². The second-order valence-corrected chi connectivity index (χ2v) is 5.36. The Hall–Kier alpha value is -1.39. The van der Waals surface area contributed by atoms with Gasteiger partial charge in [0.25, 0.3) is 0 Å².